The first-order valence-corrected chi connectivity index (χ1v) is 9.94. The summed E-state index contributed by atoms with van der Waals surface area (Å²) in [6, 6.07) is 0. The molecule has 3 fully saturated rings. The molecular weight excluding hydrogens is 271 g/mol. The highest BCUT2D eigenvalue weighted by atomic mass is 19.1. The average molecular weight is 307 g/mol. The zero-order valence-corrected chi connectivity index (χ0v) is 14.5. The van der Waals surface area contributed by atoms with Gasteiger partial charge in [-0.05, 0) is 106 Å². The summed E-state index contributed by atoms with van der Waals surface area (Å²) < 4.78 is 14.0. The van der Waals surface area contributed by atoms with Gasteiger partial charge in [0.1, 0.15) is 6.17 Å². The highest BCUT2D eigenvalue weighted by Gasteiger charge is 2.36. The first-order valence-electron chi connectivity index (χ1n) is 9.94. The SMILES string of the molecule is C=CC1CCC(C2CCC(C3CCC(C)C(F)C3)CC2)CC1. The monoisotopic (exact) mass is 306 g/mol. The van der Waals surface area contributed by atoms with Gasteiger partial charge in [0.25, 0.3) is 0 Å². The van der Waals surface area contributed by atoms with Crippen molar-refractivity contribution in [2.24, 2.45) is 35.5 Å². The second-order valence-corrected chi connectivity index (χ2v) is 8.65. The molecule has 0 nitrogen and oxygen atoms in total. The Hall–Kier alpha value is -0.330. The lowest BCUT2D eigenvalue weighted by atomic mass is 9.65. The van der Waals surface area contributed by atoms with Gasteiger partial charge < -0.3 is 0 Å². The van der Waals surface area contributed by atoms with Crippen LogP contribution in [-0.4, -0.2) is 6.17 Å². The molecule has 3 atom stereocenters. The molecule has 3 saturated carbocycles. The summed E-state index contributed by atoms with van der Waals surface area (Å²) in [4.78, 5) is 0. The van der Waals surface area contributed by atoms with Crippen molar-refractivity contribution in [3.63, 3.8) is 0 Å². The van der Waals surface area contributed by atoms with E-state index in [0.717, 1.165) is 36.5 Å². The smallest absolute Gasteiger partial charge is 0.103 e. The molecule has 0 aromatic heterocycles. The van der Waals surface area contributed by atoms with Crippen LogP contribution < -0.4 is 0 Å². The van der Waals surface area contributed by atoms with E-state index < -0.39 is 6.17 Å². The Morgan fingerprint density at radius 1 is 0.727 bits per heavy atom. The van der Waals surface area contributed by atoms with Crippen molar-refractivity contribution >= 4 is 0 Å². The summed E-state index contributed by atoms with van der Waals surface area (Å²) in [5, 5.41) is 0. The number of rotatable bonds is 3. The van der Waals surface area contributed by atoms with E-state index in [1.165, 1.54) is 57.8 Å². The third-order valence-corrected chi connectivity index (χ3v) is 7.44. The molecule has 3 unspecified atom stereocenters. The maximum Gasteiger partial charge on any atom is 0.103 e. The lowest BCUT2D eigenvalue weighted by Gasteiger charge is -2.41. The van der Waals surface area contributed by atoms with E-state index >= 15 is 0 Å². The molecular formula is C21H35F. The van der Waals surface area contributed by atoms with E-state index in [9.17, 15) is 4.39 Å². The maximum atomic E-state index is 14.0. The molecule has 0 saturated heterocycles. The molecule has 22 heavy (non-hydrogen) atoms. The van der Waals surface area contributed by atoms with E-state index in [-0.39, 0.29) is 0 Å². The first kappa shape index (κ1) is 16.5. The number of hydrogen-bond acceptors (Lipinski definition) is 0. The summed E-state index contributed by atoms with van der Waals surface area (Å²) in [7, 11) is 0. The zero-order valence-electron chi connectivity index (χ0n) is 14.5. The second-order valence-electron chi connectivity index (χ2n) is 8.65. The molecule has 0 aliphatic heterocycles. The van der Waals surface area contributed by atoms with Gasteiger partial charge in [0.15, 0.2) is 0 Å². The molecule has 126 valence electrons. The number of alkyl halides is 1. The molecule has 0 spiro atoms. The minimum Gasteiger partial charge on any atom is -0.247 e. The Kier molecular flexibility index (Phi) is 5.63. The van der Waals surface area contributed by atoms with Crippen molar-refractivity contribution in [2.75, 3.05) is 0 Å². The van der Waals surface area contributed by atoms with Crippen LogP contribution in [0.4, 0.5) is 4.39 Å². The van der Waals surface area contributed by atoms with Gasteiger partial charge >= 0.3 is 0 Å². The zero-order chi connectivity index (χ0) is 15.5. The van der Waals surface area contributed by atoms with Crippen molar-refractivity contribution in [3.05, 3.63) is 12.7 Å². The Balaban J connectivity index is 1.44. The van der Waals surface area contributed by atoms with Crippen LogP contribution in [0.3, 0.4) is 0 Å². The number of allylic oxidation sites excluding steroid dienone is 1. The van der Waals surface area contributed by atoms with Crippen molar-refractivity contribution < 1.29 is 4.39 Å². The standard InChI is InChI=1S/C21H35F/c1-3-16-5-8-17(9-6-16)18-10-12-19(13-11-18)20-7-4-15(2)21(22)14-20/h3,15-21H,1,4-14H2,2H3. The molecule has 3 rings (SSSR count). The van der Waals surface area contributed by atoms with Crippen molar-refractivity contribution in [2.45, 2.75) is 83.7 Å². The van der Waals surface area contributed by atoms with Crippen LogP contribution in [0.2, 0.25) is 0 Å². The largest absolute Gasteiger partial charge is 0.247 e. The summed E-state index contributed by atoms with van der Waals surface area (Å²) in [5.41, 5.74) is 0. The Morgan fingerprint density at radius 2 is 1.18 bits per heavy atom. The van der Waals surface area contributed by atoms with E-state index in [0.29, 0.717) is 11.8 Å². The van der Waals surface area contributed by atoms with Crippen LogP contribution in [0.25, 0.3) is 0 Å². The van der Waals surface area contributed by atoms with Gasteiger partial charge in [-0.3, -0.25) is 0 Å². The van der Waals surface area contributed by atoms with Gasteiger partial charge in [-0.1, -0.05) is 13.0 Å². The molecule has 0 bridgehead atoms. The lowest BCUT2D eigenvalue weighted by molar-refractivity contribution is 0.0706. The van der Waals surface area contributed by atoms with Gasteiger partial charge in [-0.25, -0.2) is 4.39 Å². The van der Waals surface area contributed by atoms with Gasteiger partial charge in [-0.15, -0.1) is 6.58 Å². The molecule has 0 amide bonds. The van der Waals surface area contributed by atoms with E-state index in [1.807, 2.05) is 0 Å². The first-order chi connectivity index (χ1) is 10.7. The summed E-state index contributed by atoms with van der Waals surface area (Å²) in [6.45, 7) is 6.06. The number of hydrogen-bond donors (Lipinski definition) is 0. The van der Waals surface area contributed by atoms with Crippen LogP contribution in [0.5, 0.6) is 0 Å². The Bertz CT molecular complexity index is 347. The summed E-state index contributed by atoms with van der Waals surface area (Å²) in [6.07, 6.45) is 16.2. The van der Waals surface area contributed by atoms with Crippen LogP contribution in [0, 0.1) is 35.5 Å². The molecule has 3 aliphatic carbocycles. The van der Waals surface area contributed by atoms with Crippen molar-refractivity contribution in [1.29, 1.82) is 0 Å². The maximum absolute atomic E-state index is 14.0. The highest BCUT2D eigenvalue weighted by molar-refractivity contribution is 4.89. The highest BCUT2D eigenvalue weighted by Crippen LogP contribution is 2.46. The van der Waals surface area contributed by atoms with Crippen molar-refractivity contribution in [1.82, 2.24) is 0 Å². The molecule has 0 aromatic rings. The second kappa shape index (κ2) is 7.49. The van der Waals surface area contributed by atoms with Gasteiger partial charge in [-0.2, -0.15) is 0 Å². The van der Waals surface area contributed by atoms with Crippen molar-refractivity contribution in [3.8, 4) is 0 Å². The Morgan fingerprint density at radius 3 is 1.68 bits per heavy atom. The lowest BCUT2D eigenvalue weighted by Crippen LogP contribution is -2.32. The predicted molar refractivity (Wildman–Crippen MR) is 92.5 cm³/mol. The Labute approximate surface area is 136 Å². The quantitative estimate of drug-likeness (QED) is 0.518. The molecule has 0 aromatic carbocycles. The molecule has 0 N–H and O–H groups in total. The minimum absolute atomic E-state index is 0.313. The molecule has 3 aliphatic rings. The van der Waals surface area contributed by atoms with Gasteiger partial charge in [0.2, 0.25) is 0 Å². The normalized spacial score (nSPS) is 47.1. The number of halogens is 1. The third kappa shape index (κ3) is 3.77. The van der Waals surface area contributed by atoms with Gasteiger partial charge in [0, 0.05) is 0 Å². The summed E-state index contributed by atoms with van der Waals surface area (Å²) >= 11 is 0. The van der Waals surface area contributed by atoms with Crippen LogP contribution >= 0.6 is 0 Å². The molecule has 0 heterocycles. The third-order valence-electron chi connectivity index (χ3n) is 7.44. The van der Waals surface area contributed by atoms with E-state index in [2.05, 4.69) is 19.6 Å². The molecule has 0 radical (unpaired) electrons. The van der Waals surface area contributed by atoms with E-state index in [1.54, 1.807) is 0 Å². The predicted octanol–water partition coefficient (Wildman–Crippen LogP) is 6.56. The fraction of sp³-hybridized carbons (Fsp3) is 0.905. The average Bonchev–Trinajstić information content (AvgIpc) is 2.58. The topological polar surface area (TPSA) is 0 Å². The minimum atomic E-state index is -0.523. The summed E-state index contributed by atoms with van der Waals surface area (Å²) in [5.74, 6) is 4.60. The fourth-order valence-electron chi connectivity index (χ4n) is 5.67. The van der Waals surface area contributed by atoms with Crippen LogP contribution in [0.15, 0.2) is 12.7 Å². The fourth-order valence-corrected chi connectivity index (χ4v) is 5.67. The van der Waals surface area contributed by atoms with Crippen LogP contribution in [-0.2, 0) is 0 Å². The van der Waals surface area contributed by atoms with E-state index in [4.69, 9.17) is 0 Å². The van der Waals surface area contributed by atoms with Crippen LogP contribution in [0.1, 0.15) is 77.6 Å². The van der Waals surface area contributed by atoms with Gasteiger partial charge in [0.05, 0.1) is 0 Å². The molecule has 1 heteroatoms.